The number of anilines is 1. The maximum atomic E-state index is 12.9. The van der Waals surface area contributed by atoms with Crippen LogP contribution < -0.4 is 10.6 Å². The van der Waals surface area contributed by atoms with E-state index in [0.717, 1.165) is 11.6 Å². The number of para-hydroxylation sites is 1. The molecule has 7 heteroatoms. The van der Waals surface area contributed by atoms with Crippen LogP contribution in [0.2, 0.25) is 5.02 Å². The fourth-order valence-corrected chi connectivity index (χ4v) is 2.32. The minimum Gasteiger partial charge on any atom is -0.325 e. The molecule has 0 aliphatic carbocycles. The Bertz CT molecular complexity index is 704. The summed E-state index contributed by atoms with van der Waals surface area (Å²) in [5.74, 6) is -0.488. The van der Waals surface area contributed by atoms with Crippen molar-refractivity contribution in [3.8, 4) is 0 Å². The largest absolute Gasteiger partial charge is 0.418 e. The lowest BCUT2D eigenvalue weighted by Crippen LogP contribution is -2.22. The molecule has 0 aromatic heterocycles. The molecule has 0 saturated carbocycles. The second-order valence-corrected chi connectivity index (χ2v) is 5.52. The summed E-state index contributed by atoms with van der Waals surface area (Å²) in [6, 6.07) is 12.2. The number of hydrogen-bond acceptors (Lipinski definition) is 2. The molecule has 0 unspecified atom stereocenters. The van der Waals surface area contributed by atoms with Gasteiger partial charge in [0.1, 0.15) is 0 Å². The lowest BCUT2D eigenvalue weighted by Gasteiger charge is -2.13. The first-order chi connectivity index (χ1) is 11.4. The van der Waals surface area contributed by atoms with Crippen molar-refractivity contribution in [3.05, 3.63) is 64.7 Å². The highest BCUT2D eigenvalue weighted by Crippen LogP contribution is 2.34. The number of carbonyl (C=O) groups excluding carboxylic acids is 1. The van der Waals surface area contributed by atoms with Gasteiger partial charge >= 0.3 is 6.18 Å². The second-order valence-electron chi connectivity index (χ2n) is 5.11. The van der Waals surface area contributed by atoms with Crippen molar-refractivity contribution in [2.45, 2.75) is 19.1 Å². The Kier molecular flexibility index (Phi) is 6.23. The van der Waals surface area contributed by atoms with Gasteiger partial charge in [0.05, 0.1) is 11.3 Å². The Hall–Kier alpha value is -2.05. The van der Waals surface area contributed by atoms with E-state index in [1.807, 2.05) is 18.2 Å². The Balaban J connectivity index is 1.83. The van der Waals surface area contributed by atoms with E-state index in [2.05, 4.69) is 10.6 Å². The van der Waals surface area contributed by atoms with E-state index in [1.165, 1.54) is 18.2 Å². The molecule has 0 aliphatic heterocycles. The number of amides is 1. The van der Waals surface area contributed by atoms with Crippen LogP contribution in [0, 0.1) is 0 Å². The van der Waals surface area contributed by atoms with Gasteiger partial charge in [-0.2, -0.15) is 13.2 Å². The number of benzene rings is 2. The van der Waals surface area contributed by atoms with Crippen LogP contribution >= 0.6 is 11.6 Å². The normalized spacial score (nSPS) is 11.3. The summed E-state index contributed by atoms with van der Waals surface area (Å²) in [6.45, 7) is 0.803. The molecule has 1 amide bonds. The lowest BCUT2D eigenvalue weighted by molar-refractivity contribution is -0.137. The van der Waals surface area contributed by atoms with Gasteiger partial charge in [-0.3, -0.25) is 4.79 Å². The van der Waals surface area contributed by atoms with Gasteiger partial charge in [0.15, 0.2) is 0 Å². The predicted molar refractivity (Wildman–Crippen MR) is 87.8 cm³/mol. The number of carbonyl (C=O) groups is 1. The smallest absolute Gasteiger partial charge is 0.325 e. The standard InChI is InChI=1S/C17H16ClF3N2O/c18-14-7-3-1-5-12(14)11-22-10-9-16(24)23-15-8-4-2-6-13(15)17(19,20)21/h1-8,22H,9-11H2,(H,23,24). The van der Waals surface area contributed by atoms with E-state index in [1.54, 1.807) is 6.07 Å². The molecule has 0 bridgehead atoms. The van der Waals surface area contributed by atoms with Crippen LogP contribution in [0.5, 0.6) is 0 Å². The summed E-state index contributed by atoms with van der Waals surface area (Å²) in [7, 11) is 0. The van der Waals surface area contributed by atoms with Gasteiger partial charge < -0.3 is 10.6 Å². The summed E-state index contributed by atoms with van der Waals surface area (Å²) in [6.07, 6.45) is -4.46. The minimum absolute atomic E-state index is 0.0522. The molecule has 0 saturated heterocycles. The molecule has 0 atom stereocenters. The Morgan fingerprint density at radius 2 is 1.71 bits per heavy atom. The maximum Gasteiger partial charge on any atom is 0.418 e. The molecule has 128 valence electrons. The van der Waals surface area contributed by atoms with E-state index in [9.17, 15) is 18.0 Å². The average molecular weight is 357 g/mol. The first-order valence-corrected chi connectivity index (χ1v) is 7.66. The van der Waals surface area contributed by atoms with Gasteiger partial charge in [-0.1, -0.05) is 41.9 Å². The van der Waals surface area contributed by atoms with Crippen molar-refractivity contribution in [2.24, 2.45) is 0 Å². The van der Waals surface area contributed by atoms with Crippen LogP contribution in [0.15, 0.2) is 48.5 Å². The number of hydrogen-bond donors (Lipinski definition) is 2. The fourth-order valence-electron chi connectivity index (χ4n) is 2.12. The zero-order valence-electron chi connectivity index (χ0n) is 12.7. The molecule has 2 aromatic rings. The molecule has 0 fully saturated rings. The van der Waals surface area contributed by atoms with Crippen molar-refractivity contribution < 1.29 is 18.0 Å². The third kappa shape index (κ3) is 5.25. The molecule has 2 rings (SSSR count). The summed E-state index contributed by atoms with van der Waals surface area (Å²) < 4.78 is 38.6. The third-order valence-corrected chi connectivity index (χ3v) is 3.68. The van der Waals surface area contributed by atoms with Crippen molar-refractivity contribution in [1.29, 1.82) is 0 Å². The second kappa shape index (κ2) is 8.17. The molecule has 0 aliphatic rings. The summed E-state index contributed by atoms with van der Waals surface area (Å²) in [4.78, 5) is 11.8. The van der Waals surface area contributed by atoms with Crippen molar-refractivity contribution in [2.75, 3.05) is 11.9 Å². The van der Waals surface area contributed by atoms with Gasteiger partial charge in [-0.15, -0.1) is 0 Å². The lowest BCUT2D eigenvalue weighted by atomic mass is 10.1. The van der Waals surface area contributed by atoms with Gasteiger partial charge in [0.2, 0.25) is 5.91 Å². The first kappa shape index (κ1) is 18.3. The minimum atomic E-state index is -4.51. The number of halogens is 4. The molecule has 0 heterocycles. The quantitative estimate of drug-likeness (QED) is 0.749. The Morgan fingerprint density at radius 3 is 2.42 bits per heavy atom. The predicted octanol–water partition coefficient (Wildman–Crippen LogP) is 4.48. The van der Waals surface area contributed by atoms with Crippen LogP contribution in [-0.4, -0.2) is 12.5 Å². The van der Waals surface area contributed by atoms with Gasteiger partial charge in [0.25, 0.3) is 0 Å². The van der Waals surface area contributed by atoms with Gasteiger partial charge in [0, 0.05) is 24.5 Å². The highest BCUT2D eigenvalue weighted by atomic mass is 35.5. The molecule has 24 heavy (non-hydrogen) atoms. The molecular weight excluding hydrogens is 341 g/mol. The molecule has 3 nitrogen and oxygen atoms in total. The highest BCUT2D eigenvalue weighted by molar-refractivity contribution is 6.31. The Labute approximate surface area is 142 Å². The van der Waals surface area contributed by atoms with Crippen LogP contribution in [0.3, 0.4) is 0 Å². The number of rotatable bonds is 6. The van der Waals surface area contributed by atoms with Crippen molar-refractivity contribution in [1.82, 2.24) is 5.32 Å². The molecule has 0 radical (unpaired) electrons. The highest BCUT2D eigenvalue weighted by Gasteiger charge is 2.33. The maximum absolute atomic E-state index is 12.9. The van der Waals surface area contributed by atoms with Crippen molar-refractivity contribution in [3.63, 3.8) is 0 Å². The molecular formula is C17H16ClF3N2O. The van der Waals surface area contributed by atoms with E-state index in [0.29, 0.717) is 18.1 Å². The fraction of sp³-hybridized carbons (Fsp3) is 0.235. The van der Waals surface area contributed by atoms with Gasteiger partial charge in [-0.25, -0.2) is 0 Å². The number of alkyl halides is 3. The van der Waals surface area contributed by atoms with Crippen LogP contribution in [0.4, 0.5) is 18.9 Å². The van der Waals surface area contributed by atoms with Crippen LogP contribution in [-0.2, 0) is 17.5 Å². The van der Waals surface area contributed by atoms with Gasteiger partial charge in [-0.05, 0) is 23.8 Å². The van der Waals surface area contributed by atoms with Crippen LogP contribution in [0.1, 0.15) is 17.5 Å². The summed E-state index contributed by atoms with van der Waals surface area (Å²) in [5, 5.41) is 5.96. The van der Waals surface area contributed by atoms with E-state index in [4.69, 9.17) is 11.6 Å². The summed E-state index contributed by atoms with van der Waals surface area (Å²) >= 11 is 6.01. The average Bonchev–Trinajstić information content (AvgIpc) is 2.52. The zero-order chi connectivity index (χ0) is 17.6. The summed E-state index contributed by atoms with van der Waals surface area (Å²) in [5.41, 5.74) is -0.203. The monoisotopic (exact) mass is 356 g/mol. The Morgan fingerprint density at radius 1 is 1.04 bits per heavy atom. The first-order valence-electron chi connectivity index (χ1n) is 7.28. The molecule has 0 spiro atoms. The zero-order valence-corrected chi connectivity index (χ0v) is 13.4. The SMILES string of the molecule is O=C(CCNCc1ccccc1Cl)Nc1ccccc1C(F)(F)F. The van der Waals surface area contributed by atoms with E-state index >= 15 is 0 Å². The van der Waals surface area contributed by atoms with Crippen molar-refractivity contribution >= 4 is 23.2 Å². The third-order valence-electron chi connectivity index (χ3n) is 3.31. The van der Waals surface area contributed by atoms with E-state index in [-0.39, 0.29) is 12.1 Å². The van der Waals surface area contributed by atoms with Crippen LogP contribution in [0.25, 0.3) is 0 Å². The van der Waals surface area contributed by atoms with E-state index < -0.39 is 17.6 Å². The number of nitrogens with one attached hydrogen (secondary N) is 2. The topological polar surface area (TPSA) is 41.1 Å². The molecule has 2 aromatic carbocycles. The molecule has 2 N–H and O–H groups in total.